The zero-order valence-corrected chi connectivity index (χ0v) is 26.4. The first kappa shape index (κ1) is 32.3. The number of fused-ring (bicyclic) bond motifs is 5. The average molecular weight is 601 g/mol. The Morgan fingerprint density at radius 3 is 2.47 bits per heavy atom. The molecule has 0 bridgehead atoms. The minimum atomic E-state index is -0.663. The molecule has 1 amide bonds. The summed E-state index contributed by atoms with van der Waals surface area (Å²) >= 11 is 0. The van der Waals surface area contributed by atoms with E-state index in [4.69, 9.17) is 5.53 Å². The number of nitrogens with zero attached hydrogens (tertiary/aromatic N) is 5. The summed E-state index contributed by atoms with van der Waals surface area (Å²) in [6, 6.07) is -0.663. The lowest BCUT2D eigenvalue weighted by atomic mass is 9.43. The van der Waals surface area contributed by atoms with E-state index >= 15 is 0 Å². The van der Waals surface area contributed by atoms with Crippen molar-refractivity contribution in [3.05, 3.63) is 10.4 Å². The van der Waals surface area contributed by atoms with Crippen molar-refractivity contribution in [2.45, 2.75) is 135 Å². The molecule has 4 N–H and O–H groups in total. The van der Waals surface area contributed by atoms with Gasteiger partial charge in [-0.05, 0) is 123 Å². The zero-order chi connectivity index (χ0) is 31.2. The Morgan fingerprint density at radius 1 is 1.02 bits per heavy atom. The van der Waals surface area contributed by atoms with E-state index in [9.17, 15) is 24.9 Å². The molecule has 4 aliphatic carbocycles. The van der Waals surface area contributed by atoms with Gasteiger partial charge in [-0.1, -0.05) is 25.9 Å². The van der Waals surface area contributed by atoms with E-state index < -0.39 is 23.9 Å². The third-order valence-electron chi connectivity index (χ3n) is 12.9. The van der Waals surface area contributed by atoms with E-state index in [0.29, 0.717) is 31.6 Å². The van der Waals surface area contributed by atoms with Gasteiger partial charge in [-0.15, -0.1) is 0 Å². The second kappa shape index (κ2) is 12.4. The second-order valence-corrected chi connectivity index (χ2v) is 15.3. The summed E-state index contributed by atoms with van der Waals surface area (Å²) in [4.78, 5) is 28.6. The van der Waals surface area contributed by atoms with Crippen LogP contribution in [0.5, 0.6) is 0 Å². The maximum absolute atomic E-state index is 13.1. The van der Waals surface area contributed by atoms with Crippen molar-refractivity contribution in [1.82, 2.24) is 5.32 Å². The molecule has 0 aromatic carbocycles. The number of amides is 1. The van der Waals surface area contributed by atoms with Gasteiger partial charge in [-0.2, -0.15) is 10.2 Å². The summed E-state index contributed by atoms with van der Waals surface area (Å²) in [5.41, 5.74) is 7.81. The number of ketones is 1. The van der Waals surface area contributed by atoms with Crippen molar-refractivity contribution in [3.8, 4) is 0 Å². The number of carbonyl (C=O) groups excluding carboxylic acids is 2. The molecule has 240 valence electrons. The van der Waals surface area contributed by atoms with Crippen LogP contribution in [0, 0.1) is 46.3 Å². The van der Waals surface area contributed by atoms with Gasteiger partial charge in [-0.3, -0.25) is 9.59 Å². The molecule has 5 aliphatic rings. The third kappa shape index (κ3) is 6.24. The number of aliphatic hydroxyl groups excluding tert-OH is 3. The standard InChI is InChI=1S/C32H52N6O5/c1-18(5-8-28(43)35-24(10-13-31(3)36-37-31)25(40)11-14-34-38-33)21-6-7-22-29-23(17-27(42)32(21,22)4)30(2)12-9-20(39)15-19(30)16-26(29)41/h18-24,26-27,29,39,41-42H,5-17H2,1-4H3,(H,35,43). The minimum Gasteiger partial charge on any atom is -0.393 e. The molecular formula is C32H52N6O5. The predicted octanol–water partition coefficient (Wildman–Crippen LogP) is 5.08. The Morgan fingerprint density at radius 2 is 1.77 bits per heavy atom. The number of rotatable bonds is 12. The maximum atomic E-state index is 13.1. The highest BCUT2D eigenvalue weighted by Crippen LogP contribution is 2.68. The number of carbonyl (C=O) groups is 2. The Balaban J connectivity index is 1.21. The van der Waals surface area contributed by atoms with Crippen LogP contribution < -0.4 is 5.32 Å². The van der Waals surface area contributed by atoms with Crippen LogP contribution in [-0.4, -0.2) is 63.6 Å². The van der Waals surface area contributed by atoms with Crippen LogP contribution in [0.1, 0.15) is 105 Å². The van der Waals surface area contributed by atoms with E-state index in [1.165, 1.54) is 0 Å². The maximum Gasteiger partial charge on any atom is 0.220 e. The van der Waals surface area contributed by atoms with Crippen LogP contribution in [0.15, 0.2) is 15.3 Å². The van der Waals surface area contributed by atoms with Gasteiger partial charge >= 0.3 is 0 Å². The molecule has 0 spiro atoms. The van der Waals surface area contributed by atoms with Gasteiger partial charge in [0.15, 0.2) is 11.4 Å². The van der Waals surface area contributed by atoms with Crippen molar-refractivity contribution in [1.29, 1.82) is 0 Å². The highest BCUT2D eigenvalue weighted by atomic mass is 16.3. The fraction of sp³-hybridized carbons (Fsp3) is 0.938. The van der Waals surface area contributed by atoms with E-state index in [2.05, 4.69) is 46.3 Å². The molecular weight excluding hydrogens is 548 g/mol. The van der Waals surface area contributed by atoms with Gasteiger partial charge in [0.1, 0.15) is 0 Å². The van der Waals surface area contributed by atoms with E-state index in [1.54, 1.807) is 0 Å². The molecule has 12 atom stereocenters. The molecule has 1 heterocycles. The molecule has 12 unspecified atom stereocenters. The quantitative estimate of drug-likeness (QED) is 0.138. The van der Waals surface area contributed by atoms with Gasteiger partial charge in [0.25, 0.3) is 0 Å². The van der Waals surface area contributed by atoms with Crippen molar-refractivity contribution in [2.75, 3.05) is 6.54 Å². The van der Waals surface area contributed by atoms with Crippen molar-refractivity contribution >= 4 is 11.7 Å². The monoisotopic (exact) mass is 600 g/mol. The number of aliphatic hydroxyl groups is 3. The zero-order valence-electron chi connectivity index (χ0n) is 26.4. The molecule has 11 nitrogen and oxygen atoms in total. The number of Topliss-reactive ketones (excluding diaryl/α,β-unsaturated/α-hetero) is 1. The Hall–Kier alpha value is -2.07. The first-order valence-electron chi connectivity index (χ1n) is 16.6. The lowest BCUT2D eigenvalue weighted by Crippen LogP contribution is -2.62. The van der Waals surface area contributed by atoms with Crippen LogP contribution in [0.3, 0.4) is 0 Å². The lowest BCUT2D eigenvalue weighted by molar-refractivity contribution is -0.207. The summed E-state index contributed by atoms with van der Waals surface area (Å²) in [7, 11) is 0. The van der Waals surface area contributed by atoms with Crippen LogP contribution in [0.2, 0.25) is 0 Å². The van der Waals surface area contributed by atoms with Gasteiger partial charge in [0.05, 0.1) is 24.4 Å². The van der Waals surface area contributed by atoms with Gasteiger partial charge in [0, 0.05) is 24.3 Å². The number of hydrogen-bond donors (Lipinski definition) is 4. The fourth-order valence-corrected chi connectivity index (χ4v) is 10.3. The summed E-state index contributed by atoms with van der Waals surface area (Å²) in [6.45, 7) is 8.71. The summed E-state index contributed by atoms with van der Waals surface area (Å²) in [5, 5.41) is 48.1. The number of hydrogen-bond acceptors (Lipinski definition) is 8. The molecule has 0 aromatic rings. The molecule has 0 aromatic heterocycles. The van der Waals surface area contributed by atoms with E-state index in [1.807, 2.05) is 6.92 Å². The Bertz CT molecular complexity index is 1140. The largest absolute Gasteiger partial charge is 0.393 e. The normalized spacial score (nSPS) is 42.0. The van der Waals surface area contributed by atoms with Crippen LogP contribution in [0.4, 0.5) is 0 Å². The van der Waals surface area contributed by atoms with Crippen molar-refractivity contribution < 1.29 is 24.9 Å². The number of azide groups is 1. The Labute approximate surface area is 255 Å². The molecule has 11 heteroatoms. The molecule has 4 saturated carbocycles. The molecule has 5 rings (SSSR count). The van der Waals surface area contributed by atoms with E-state index in [-0.39, 0.29) is 77.6 Å². The summed E-state index contributed by atoms with van der Waals surface area (Å²) < 4.78 is 0. The predicted molar refractivity (Wildman–Crippen MR) is 160 cm³/mol. The fourth-order valence-electron chi connectivity index (χ4n) is 10.3. The SMILES string of the molecule is CC(CCC(=O)NC(CCC1(C)N=N1)C(=O)CCN=[N+]=[N-])C1CCC2C3C(O)CC4CC(O)CCC4(C)C3CC(O)C12C. The van der Waals surface area contributed by atoms with Crippen molar-refractivity contribution in [2.24, 2.45) is 61.7 Å². The minimum absolute atomic E-state index is 0.0429. The first-order valence-corrected chi connectivity index (χ1v) is 16.6. The smallest absolute Gasteiger partial charge is 0.220 e. The first-order chi connectivity index (χ1) is 20.3. The molecule has 4 fully saturated rings. The Kier molecular flexibility index (Phi) is 9.30. The summed E-state index contributed by atoms with van der Waals surface area (Å²) in [6.07, 6.45) is 6.75. The second-order valence-electron chi connectivity index (χ2n) is 15.3. The van der Waals surface area contributed by atoms with Crippen LogP contribution in [-0.2, 0) is 9.59 Å². The topological polar surface area (TPSA) is 180 Å². The highest BCUT2D eigenvalue weighted by molar-refractivity contribution is 5.89. The van der Waals surface area contributed by atoms with Gasteiger partial charge < -0.3 is 20.6 Å². The van der Waals surface area contributed by atoms with E-state index in [0.717, 1.165) is 38.5 Å². The van der Waals surface area contributed by atoms with Gasteiger partial charge in [-0.25, -0.2) is 0 Å². The average Bonchev–Trinajstić information content (AvgIpc) is 3.59. The van der Waals surface area contributed by atoms with Crippen LogP contribution >= 0.6 is 0 Å². The molecule has 1 aliphatic heterocycles. The van der Waals surface area contributed by atoms with Gasteiger partial charge in [0.2, 0.25) is 5.91 Å². The summed E-state index contributed by atoms with van der Waals surface area (Å²) in [5.74, 6) is 1.06. The molecule has 0 radical (unpaired) electrons. The van der Waals surface area contributed by atoms with Crippen molar-refractivity contribution in [3.63, 3.8) is 0 Å². The number of nitrogens with one attached hydrogen (secondary N) is 1. The third-order valence-corrected chi connectivity index (χ3v) is 12.9. The van der Waals surface area contributed by atoms with Crippen LogP contribution in [0.25, 0.3) is 10.4 Å². The highest BCUT2D eigenvalue weighted by Gasteiger charge is 2.65. The molecule has 43 heavy (non-hydrogen) atoms. The molecule has 0 saturated heterocycles. The lowest BCUT2D eigenvalue weighted by Gasteiger charge is -2.63.